The number of morpholine rings is 1. The highest BCUT2D eigenvalue weighted by molar-refractivity contribution is 7.10. The van der Waals surface area contributed by atoms with Crippen LogP contribution < -0.4 is 10.6 Å². The monoisotopic (exact) mass is 449 g/mol. The number of hydrogen-bond donors (Lipinski definition) is 2. The number of fused-ring (bicyclic) bond motifs is 1. The zero-order valence-electron chi connectivity index (χ0n) is 17.9. The van der Waals surface area contributed by atoms with Gasteiger partial charge in [0.25, 0.3) is 5.91 Å². The zero-order valence-corrected chi connectivity index (χ0v) is 18.7. The third-order valence-corrected chi connectivity index (χ3v) is 7.12. The second-order valence-corrected chi connectivity index (χ2v) is 9.38. The molecule has 2 heterocycles. The van der Waals surface area contributed by atoms with Crippen molar-refractivity contribution < 1.29 is 14.3 Å². The summed E-state index contributed by atoms with van der Waals surface area (Å²) in [5, 5.41) is 10.2. The maximum absolute atomic E-state index is 13.3. The van der Waals surface area contributed by atoms with Crippen LogP contribution in [0, 0.1) is 5.92 Å². The highest BCUT2D eigenvalue weighted by Gasteiger charge is 2.30. The van der Waals surface area contributed by atoms with E-state index < -0.39 is 0 Å². The van der Waals surface area contributed by atoms with Crippen molar-refractivity contribution in [2.45, 2.75) is 18.9 Å². The Bertz CT molecular complexity index is 1100. The van der Waals surface area contributed by atoms with E-state index in [4.69, 9.17) is 4.74 Å². The fourth-order valence-corrected chi connectivity index (χ4v) is 5.04. The smallest absolute Gasteiger partial charge is 0.253 e. The molecule has 1 saturated heterocycles. The van der Waals surface area contributed by atoms with Gasteiger partial charge in [-0.25, -0.2) is 0 Å². The highest BCUT2D eigenvalue weighted by atomic mass is 32.1. The van der Waals surface area contributed by atoms with Crippen LogP contribution in [0.3, 0.4) is 0 Å². The number of carbonyl (C=O) groups excluding carboxylic acids is 2. The zero-order chi connectivity index (χ0) is 21.9. The van der Waals surface area contributed by atoms with E-state index >= 15 is 0 Å². The Morgan fingerprint density at radius 2 is 1.81 bits per heavy atom. The van der Waals surface area contributed by atoms with Crippen LogP contribution in [0.1, 0.15) is 34.1 Å². The summed E-state index contributed by atoms with van der Waals surface area (Å²) < 4.78 is 5.51. The minimum absolute atomic E-state index is 0.000824. The van der Waals surface area contributed by atoms with Gasteiger partial charge in [-0.3, -0.25) is 14.5 Å². The number of carbonyl (C=O) groups is 2. The van der Waals surface area contributed by atoms with Gasteiger partial charge in [0.2, 0.25) is 5.91 Å². The first-order valence-corrected chi connectivity index (χ1v) is 12.0. The summed E-state index contributed by atoms with van der Waals surface area (Å²) >= 11 is 1.70. The van der Waals surface area contributed by atoms with Crippen LogP contribution in [0.25, 0.3) is 10.8 Å². The summed E-state index contributed by atoms with van der Waals surface area (Å²) in [4.78, 5) is 29.4. The minimum Gasteiger partial charge on any atom is -0.379 e. The van der Waals surface area contributed by atoms with Crippen LogP contribution in [0.2, 0.25) is 0 Å². The number of hydrogen-bond acceptors (Lipinski definition) is 5. The number of benzene rings is 2. The van der Waals surface area contributed by atoms with Gasteiger partial charge in [0.15, 0.2) is 0 Å². The lowest BCUT2D eigenvalue weighted by Crippen LogP contribution is -2.43. The molecule has 3 aromatic rings. The maximum Gasteiger partial charge on any atom is 0.253 e. The topological polar surface area (TPSA) is 70.7 Å². The normalized spacial score (nSPS) is 17.8. The van der Waals surface area contributed by atoms with E-state index in [0.29, 0.717) is 31.0 Å². The molecule has 2 fully saturated rings. The number of amides is 2. The van der Waals surface area contributed by atoms with E-state index in [2.05, 4.69) is 27.0 Å². The van der Waals surface area contributed by atoms with Crippen molar-refractivity contribution in [2.75, 3.05) is 38.2 Å². The molecule has 2 aliphatic rings. The minimum atomic E-state index is -0.170. The second-order valence-electron chi connectivity index (χ2n) is 8.40. The molecule has 1 aliphatic heterocycles. The lowest BCUT2D eigenvalue weighted by Gasteiger charge is -2.34. The Hall–Kier alpha value is -2.74. The van der Waals surface area contributed by atoms with Crippen LogP contribution in [0.15, 0.2) is 53.9 Å². The van der Waals surface area contributed by atoms with Crippen molar-refractivity contribution in [3.63, 3.8) is 0 Å². The Kier molecular flexibility index (Phi) is 6.21. The van der Waals surface area contributed by atoms with Crippen molar-refractivity contribution in [3.05, 3.63) is 64.4 Å². The molecule has 1 saturated carbocycles. The molecule has 0 unspecified atom stereocenters. The van der Waals surface area contributed by atoms with E-state index in [1.807, 2.05) is 42.5 Å². The van der Waals surface area contributed by atoms with Gasteiger partial charge in [-0.2, -0.15) is 0 Å². The molecular formula is C25H27N3O3S. The molecule has 32 heavy (non-hydrogen) atoms. The first kappa shape index (κ1) is 21.1. The van der Waals surface area contributed by atoms with Gasteiger partial charge in [0.05, 0.1) is 30.5 Å². The van der Waals surface area contributed by atoms with Crippen LogP contribution in [0.4, 0.5) is 5.69 Å². The number of rotatable bonds is 7. The molecule has 6 nitrogen and oxygen atoms in total. The summed E-state index contributed by atoms with van der Waals surface area (Å²) in [6, 6.07) is 16.0. The Morgan fingerprint density at radius 3 is 2.50 bits per heavy atom. The summed E-state index contributed by atoms with van der Waals surface area (Å²) in [5.41, 5.74) is 1.08. The van der Waals surface area contributed by atoms with Gasteiger partial charge in [0, 0.05) is 30.4 Å². The molecule has 7 heteroatoms. The van der Waals surface area contributed by atoms with Crippen LogP contribution in [-0.4, -0.2) is 49.6 Å². The molecule has 2 amide bonds. The predicted molar refractivity (Wildman–Crippen MR) is 127 cm³/mol. The average molecular weight is 450 g/mol. The molecule has 1 aliphatic carbocycles. The molecule has 2 aromatic carbocycles. The molecule has 2 N–H and O–H groups in total. The first-order valence-electron chi connectivity index (χ1n) is 11.2. The van der Waals surface area contributed by atoms with E-state index in [1.54, 1.807) is 11.3 Å². The lowest BCUT2D eigenvalue weighted by molar-refractivity contribution is -0.117. The first-order chi connectivity index (χ1) is 15.7. The fourth-order valence-electron chi connectivity index (χ4n) is 4.18. The quantitative estimate of drug-likeness (QED) is 0.571. The Morgan fingerprint density at radius 1 is 1.06 bits per heavy atom. The fraction of sp³-hybridized carbons (Fsp3) is 0.360. The molecule has 0 bridgehead atoms. The van der Waals surface area contributed by atoms with Crippen molar-refractivity contribution in [3.8, 4) is 0 Å². The Labute approximate surface area is 191 Å². The summed E-state index contributed by atoms with van der Waals surface area (Å²) in [6.45, 7) is 3.60. The summed E-state index contributed by atoms with van der Waals surface area (Å²) in [5.74, 6) is -0.0994. The van der Waals surface area contributed by atoms with E-state index in [0.717, 1.165) is 36.7 Å². The predicted octanol–water partition coefficient (Wildman–Crippen LogP) is 4.05. The van der Waals surface area contributed by atoms with Crippen molar-refractivity contribution >= 4 is 39.6 Å². The summed E-state index contributed by atoms with van der Waals surface area (Å²) in [7, 11) is 0. The maximum atomic E-state index is 13.3. The number of nitrogens with zero attached hydrogens (tertiary/aromatic N) is 1. The molecule has 166 valence electrons. The van der Waals surface area contributed by atoms with E-state index in [1.165, 1.54) is 4.88 Å². The molecule has 1 aromatic heterocycles. The molecule has 5 rings (SSSR count). The number of thiophene rings is 1. The van der Waals surface area contributed by atoms with Gasteiger partial charge in [-0.1, -0.05) is 30.3 Å². The third kappa shape index (κ3) is 4.70. The van der Waals surface area contributed by atoms with Gasteiger partial charge >= 0.3 is 0 Å². The number of nitrogens with one attached hydrogen (secondary N) is 2. The van der Waals surface area contributed by atoms with Crippen LogP contribution >= 0.6 is 11.3 Å². The van der Waals surface area contributed by atoms with Gasteiger partial charge in [-0.05, 0) is 47.2 Å². The molecule has 0 radical (unpaired) electrons. The summed E-state index contributed by atoms with van der Waals surface area (Å²) in [6.07, 6.45) is 1.84. The Balaban J connectivity index is 1.38. The van der Waals surface area contributed by atoms with E-state index in [9.17, 15) is 9.59 Å². The highest BCUT2D eigenvalue weighted by Crippen LogP contribution is 2.32. The number of anilines is 1. The molecule has 1 atom stereocenters. The van der Waals surface area contributed by atoms with Gasteiger partial charge < -0.3 is 15.4 Å². The molecule has 0 spiro atoms. The lowest BCUT2D eigenvalue weighted by atomic mass is 10.0. The largest absolute Gasteiger partial charge is 0.379 e. The van der Waals surface area contributed by atoms with Crippen molar-refractivity contribution in [1.29, 1.82) is 0 Å². The second kappa shape index (κ2) is 9.40. The van der Waals surface area contributed by atoms with Crippen molar-refractivity contribution in [2.24, 2.45) is 5.92 Å². The third-order valence-electron chi connectivity index (χ3n) is 6.15. The van der Waals surface area contributed by atoms with E-state index in [-0.39, 0.29) is 23.8 Å². The van der Waals surface area contributed by atoms with Gasteiger partial charge in [0.1, 0.15) is 0 Å². The number of ether oxygens (including phenoxy) is 1. The van der Waals surface area contributed by atoms with Crippen LogP contribution in [-0.2, 0) is 9.53 Å². The SMILES string of the molecule is O=C(NC[C@@H](c1cccs1)N1CCOCC1)c1cc2ccccc2cc1NC(=O)C1CC1. The van der Waals surface area contributed by atoms with Crippen molar-refractivity contribution in [1.82, 2.24) is 10.2 Å². The van der Waals surface area contributed by atoms with Gasteiger partial charge in [-0.15, -0.1) is 11.3 Å². The standard InChI is InChI=1S/C25H27N3O3S/c29-24(17-7-8-17)27-21-15-19-5-2-1-4-18(19)14-20(21)25(30)26-16-22(23-6-3-13-32-23)28-9-11-31-12-10-28/h1-6,13-15,17,22H,7-12,16H2,(H,26,30)(H,27,29)/t22-/m0/s1. The molecular weight excluding hydrogens is 422 g/mol. The van der Waals surface area contributed by atoms with Crippen LogP contribution in [0.5, 0.6) is 0 Å². The average Bonchev–Trinajstić information content (AvgIpc) is 3.55.